The summed E-state index contributed by atoms with van der Waals surface area (Å²) in [5.41, 5.74) is 0.511. The molecule has 0 aliphatic carbocycles. The normalized spacial score (nSPS) is 10.2. The molecule has 1 N–H and O–H groups in total. The van der Waals surface area contributed by atoms with Gasteiger partial charge in [0.25, 0.3) is 5.91 Å². The molecular formula is C12H7Cl2FN2O. The van der Waals surface area contributed by atoms with Crippen molar-refractivity contribution >= 4 is 34.8 Å². The molecule has 0 unspecified atom stereocenters. The lowest BCUT2D eigenvalue weighted by Gasteiger charge is -2.06. The second kappa shape index (κ2) is 5.33. The number of nitrogens with one attached hydrogen (secondary N) is 1. The molecule has 0 radical (unpaired) electrons. The summed E-state index contributed by atoms with van der Waals surface area (Å²) in [5, 5.41) is 3.07. The van der Waals surface area contributed by atoms with Crippen LogP contribution in [-0.2, 0) is 0 Å². The molecule has 92 valence electrons. The Balaban J connectivity index is 2.21. The molecule has 18 heavy (non-hydrogen) atoms. The first-order chi connectivity index (χ1) is 8.56. The second-order valence-electron chi connectivity index (χ2n) is 3.45. The molecule has 0 aliphatic rings. The fraction of sp³-hybridized carbons (Fsp3) is 0. The molecule has 1 aromatic heterocycles. The number of carbonyl (C=O) groups is 1. The van der Waals surface area contributed by atoms with Crippen molar-refractivity contribution in [1.29, 1.82) is 0 Å². The minimum Gasteiger partial charge on any atom is -0.322 e. The SMILES string of the molecule is O=C(Nc1ccc(Cl)cc1)c1cc(F)cnc1Cl. The first-order valence-corrected chi connectivity index (χ1v) is 5.70. The average molecular weight is 285 g/mol. The third kappa shape index (κ3) is 2.97. The highest BCUT2D eigenvalue weighted by Crippen LogP contribution is 2.18. The minimum absolute atomic E-state index is 0.0217. The Morgan fingerprint density at radius 2 is 1.89 bits per heavy atom. The van der Waals surface area contributed by atoms with Gasteiger partial charge in [-0.05, 0) is 30.3 Å². The molecule has 0 saturated heterocycles. The van der Waals surface area contributed by atoms with E-state index in [2.05, 4.69) is 10.3 Å². The lowest BCUT2D eigenvalue weighted by Crippen LogP contribution is -2.13. The zero-order valence-corrected chi connectivity index (χ0v) is 10.5. The Labute approximate surface area is 113 Å². The summed E-state index contributed by atoms with van der Waals surface area (Å²) in [6, 6.07) is 7.54. The number of pyridine rings is 1. The van der Waals surface area contributed by atoms with Crippen LogP contribution in [0.1, 0.15) is 10.4 Å². The van der Waals surface area contributed by atoms with Crippen molar-refractivity contribution in [2.45, 2.75) is 0 Å². The number of benzene rings is 1. The van der Waals surface area contributed by atoms with Gasteiger partial charge in [0, 0.05) is 10.7 Å². The lowest BCUT2D eigenvalue weighted by molar-refractivity contribution is 0.102. The van der Waals surface area contributed by atoms with E-state index in [-0.39, 0.29) is 10.7 Å². The molecule has 0 spiro atoms. The summed E-state index contributed by atoms with van der Waals surface area (Å²) in [6.07, 6.45) is 0.946. The van der Waals surface area contributed by atoms with Gasteiger partial charge in [-0.25, -0.2) is 9.37 Å². The number of carbonyl (C=O) groups excluding carboxylic acids is 1. The smallest absolute Gasteiger partial charge is 0.258 e. The third-order valence-electron chi connectivity index (χ3n) is 2.15. The van der Waals surface area contributed by atoms with Crippen LogP contribution < -0.4 is 5.32 Å². The van der Waals surface area contributed by atoms with Gasteiger partial charge in [0.1, 0.15) is 11.0 Å². The lowest BCUT2D eigenvalue weighted by atomic mass is 10.2. The van der Waals surface area contributed by atoms with E-state index in [1.54, 1.807) is 24.3 Å². The number of anilines is 1. The molecule has 6 heteroatoms. The number of halogens is 3. The van der Waals surface area contributed by atoms with E-state index in [4.69, 9.17) is 23.2 Å². The largest absolute Gasteiger partial charge is 0.322 e. The van der Waals surface area contributed by atoms with E-state index in [0.717, 1.165) is 12.3 Å². The van der Waals surface area contributed by atoms with Crippen molar-refractivity contribution in [1.82, 2.24) is 4.98 Å². The zero-order valence-electron chi connectivity index (χ0n) is 8.95. The maximum atomic E-state index is 13.0. The van der Waals surface area contributed by atoms with Gasteiger partial charge in [-0.1, -0.05) is 23.2 Å². The van der Waals surface area contributed by atoms with Gasteiger partial charge in [-0.15, -0.1) is 0 Å². The Morgan fingerprint density at radius 3 is 2.56 bits per heavy atom. The van der Waals surface area contributed by atoms with Crippen LogP contribution >= 0.6 is 23.2 Å². The molecule has 1 heterocycles. The summed E-state index contributed by atoms with van der Waals surface area (Å²) < 4.78 is 13.0. The summed E-state index contributed by atoms with van der Waals surface area (Å²) in [5.74, 6) is -1.16. The molecule has 2 aromatic rings. The predicted octanol–water partition coefficient (Wildman–Crippen LogP) is 3.78. The first-order valence-electron chi connectivity index (χ1n) is 4.94. The first kappa shape index (κ1) is 12.8. The third-order valence-corrected chi connectivity index (χ3v) is 2.71. The van der Waals surface area contributed by atoms with E-state index < -0.39 is 11.7 Å². The fourth-order valence-corrected chi connectivity index (χ4v) is 1.63. The van der Waals surface area contributed by atoms with Crippen molar-refractivity contribution in [3.8, 4) is 0 Å². The van der Waals surface area contributed by atoms with Crippen molar-refractivity contribution in [3.05, 3.63) is 58.1 Å². The van der Waals surface area contributed by atoms with Crippen LogP contribution in [0.4, 0.5) is 10.1 Å². The van der Waals surface area contributed by atoms with Crippen LogP contribution in [-0.4, -0.2) is 10.9 Å². The maximum absolute atomic E-state index is 13.0. The molecule has 2 rings (SSSR count). The monoisotopic (exact) mass is 284 g/mol. The Kier molecular flexibility index (Phi) is 3.79. The van der Waals surface area contributed by atoms with E-state index in [0.29, 0.717) is 10.7 Å². The summed E-state index contributed by atoms with van der Waals surface area (Å²) in [7, 11) is 0. The van der Waals surface area contributed by atoms with Gasteiger partial charge in [0.15, 0.2) is 0 Å². The number of hydrogen-bond donors (Lipinski definition) is 1. The van der Waals surface area contributed by atoms with Crippen LogP contribution in [0.2, 0.25) is 10.2 Å². The molecule has 1 amide bonds. The second-order valence-corrected chi connectivity index (χ2v) is 4.25. The Morgan fingerprint density at radius 1 is 1.22 bits per heavy atom. The van der Waals surface area contributed by atoms with Crippen LogP contribution in [0.5, 0.6) is 0 Å². The maximum Gasteiger partial charge on any atom is 0.258 e. The fourth-order valence-electron chi connectivity index (χ4n) is 1.31. The standard InChI is InChI=1S/C12H7Cl2FN2O/c13-7-1-3-9(4-2-7)17-12(18)10-5-8(15)6-16-11(10)14/h1-6H,(H,17,18). The molecule has 0 aliphatic heterocycles. The van der Waals surface area contributed by atoms with Gasteiger partial charge < -0.3 is 5.32 Å². The van der Waals surface area contributed by atoms with E-state index in [1.165, 1.54) is 0 Å². The Bertz CT molecular complexity index is 587. The van der Waals surface area contributed by atoms with Crippen LogP contribution in [0.3, 0.4) is 0 Å². The van der Waals surface area contributed by atoms with Gasteiger partial charge in [0.2, 0.25) is 0 Å². The number of hydrogen-bond acceptors (Lipinski definition) is 2. The molecular weight excluding hydrogens is 278 g/mol. The summed E-state index contributed by atoms with van der Waals surface area (Å²) in [6.45, 7) is 0. The highest BCUT2D eigenvalue weighted by atomic mass is 35.5. The van der Waals surface area contributed by atoms with Crippen LogP contribution in [0.15, 0.2) is 36.5 Å². The van der Waals surface area contributed by atoms with Crippen molar-refractivity contribution < 1.29 is 9.18 Å². The highest BCUT2D eigenvalue weighted by molar-refractivity contribution is 6.33. The minimum atomic E-state index is -0.624. The number of rotatable bonds is 2. The number of amides is 1. The van der Waals surface area contributed by atoms with Gasteiger partial charge in [0.05, 0.1) is 11.8 Å². The van der Waals surface area contributed by atoms with Gasteiger partial charge in [-0.2, -0.15) is 0 Å². The van der Waals surface area contributed by atoms with Crippen LogP contribution in [0, 0.1) is 5.82 Å². The van der Waals surface area contributed by atoms with Gasteiger partial charge >= 0.3 is 0 Å². The van der Waals surface area contributed by atoms with E-state index in [1.807, 2.05) is 0 Å². The molecule has 3 nitrogen and oxygen atoms in total. The van der Waals surface area contributed by atoms with Crippen molar-refractivity contribution in [3.63, 3.8) is 0 Å². The van der Waals surface area contributed by atoms with E-state index in [9.17, 15) is 9.18 Å². The topological polar surface area (TPSA) is 42.0 Å². The van der Waals surface area contributed by atoms with Crippen molar-refractivity contribution in [2.75, 3.05) is 5.32 Å². The highest BCUT2D eigenvalue weighted by Gasteiger charge is 2.12. The van der Waals surface area contributed by atoms with E-state index >= 15 is 0 Å². The van der Waals surface area contributed by atoms with Crippen molar-refractivity contribution in [2.24, 2.45) is 0 Å². The molecule has 1 aromatic carbocycles. The predicted molar refractivity (Wildman–Crippen MR) is 68.6 cm³/mol. The molecule has 0 atom stereocenters. The van der Waals surface area contributed by atoms with Crippen LogP contribution in [0.25, 0.3) is 0 Å². The number of nitrogens with zero attached hydrogens (tertiary/aromatic N) is 1. The summed E-state index contributed by atoms with van der Waals surface area (Å²) in [4.78, 5) is 15.4. The number of aromatic nitrogens is 1. The quantitative estimate of drug-likeness (QED) is 0.853. The molecule has 0 fully saturated rings. The molecule has 0 saturated carbocycles. The average Bonchev–Trinajstić information content (AvgIpc) is 2.35. The zero-order chi connectivity index (χ0) is 13.1. The Hall–Kier alpha value is -1.65. The molecule has 0 bridgehead atoms. The van der Waals surface area contributed by atoms with Gasteiger partial charge in [-0.3, -0.25) is 4.79 Å². The summed E-state index contributed by atoms with van der Waals surface area (Å²) >= 11 is 11.4.